The Labute approximate surface area is 92.0 Å². The van der Waals surface area contributed by atoms with Crippen LogP contribution in [0.2, 0.25) is 0 Å². The number of nitrogens with zero attached hydrogens (tertiary/aromatic N) is 1. The second kappa shape index (κ2) is 4.47. The SMILES string of the molecule is CCC1CCCN(C(=S)NC2CC2)C1. The zero-order chi connectivity index (χ0) is 9.97. The molecule has 0 aromatic carbocycles. The number of rotatable bonds is 2. The Morgan fingerprint density at radius 3 is 2.86 bits per heavy atom. The van der Waals surface area contributed by atoms with Crippen molar-refractivity contribution >= 4 is 17.3 Å². The Hall–Kier alpha value is -0.310. The molecule has 1 unspecified atom stereocenters. The van der Waals surface area contributed by atoms with Gasteiger partial charge in [-0.15, -0.1) is 0 Å². The number of hydrogen-bond acceptors (Lipinski definition) is 1. The van der Waals surface area contributed by atoms with Gasteiger partial charge < -0.3 is 10.2 Å². The molecule has 1 aliphatic heterocycles. The minimum atomic E-state index is 0.699. The number of likely N-dealkylation sites (tertiary alicyclic amines) is 1. The molecule has 3 heteroatoms. The van der Waals surface area contributed by atoms with E-state index >= 15 is 0 Å². The van der Waals surface area contributed by atoms with Crippen LogP contribution < -0.4 is 5.32 Å². The molecule has 1 aliphatic carbocycles. The molecule has 0 aromatic rings. The molecule has 2 fully saturated rings. The van der Waals surface area contributed by atoms with Gasteiger partial charge in [0.2, 0.25) is 0 Å². The zero-order valence-corrected chi connectivity index (χ0v) is 9.78. The minimum Gasteiger partial charge on any atom is -0.360 e. The Morgan fingerprint density at radius 1 is 1.43 bits per heavy atom. The van der Waals surface area contributed by atoms with Crippen LogP contribution in [0.5, 0.6) is 0 Å². The van der Waals surface area contributed by atoms with Crippen LogP contribution in [-0.4, -0.2) is 29.1 Å². The van der Waals surface area contributed by atoms with Gasteiger partial charge in [-0.1, -0.05) is 13.3 Å². The van der Waals surface area contributed by atoms with E-state index in [1.165, 1.54) is 38.6 Å². The quantitative estimate of drug-likeness (QED) is 0.706. The van der Waals surface area contributed by atoms with E-state index in [0.29, 0.717) is 6.04 Å². The lowest BCUT2D eigenvalue weighted by molar-refractivity contribution is 0.251. The fourth-order valence-electron chi connectivity index (χ4n) is 2.08. The summed E-state index contributed by atoms with van der Waals surface area (Å²) >= 11 is 5.41. The van der Waals surface area contributed by atoms with Crippen molar-refractivity contribution in [1.82, 2.24) is 10.2 Å². The predicted molar refractivity (Wildman–Crippen MR) is 63.3 cm³/mol. The summed E-state index contributed by atoms with van der Waals surface area (Å²) in [6, 6.07) is 0.699. The van der Waals surface area contributed by atoms with E-state index in [2.05, 4.69) is 17.1 Å². The zero-order valence-electron chi connectivity index (χ0n) is 8.96. The number of nitrogens with one attached hydrogen (secondary N) is 1. The third-order valence-electron chi connectivity index (χ3n) is 3.29. The Bertz CT molecular complexity index is 213. The third kappa shape index (κ3) is 2.59. The van der Waals surface area contributed by atoms with E-state index in [9.17, 15) is 0 Å². The highest BCUT2D eigenvalue weighted by molar-refractivity contribution is 7.80. The van der Waals surface area contributed by atoms with Crippen LogP contribution in [-0.2, 0) is 0 Å². The lowest BCUT2D eigenvalue weighted by Crippen LogP contribution is -2.45. The van der Waals surface area contributed by atoms with Gasteiger partial charge in [-0.05, 0) is 43.8 Å². The third-order valence-corrected chi connectivity index (χ3v) is 3.66. The van der Waals surface area contributed by atoms with Gasteiger partial charge >= 0.3 is 0 Å². The molecule has 2 aliphatic rings. The van der Waals surface area contributed by atoms with Gasteiger partial charge in [0.15, 0.2) is 5.11 Å². The van der Waals surface area contributed by atoms with Gasteiger partial charge in [0.1, 0.15) is 0 Å². The molecule has 0 spiro atoms. The fourth-order valence-corrected chi connectivity index (χ4v) is 2.41. The molecular weight excluding hydrogens is 192 g/mol. The van der Waals surface area contributed by atoms with E-state index < -0.39 is 0 Å². The Balaban J connectivity index is 1.79. The first-order valence-electron chi connectivity index (χ1n) is 5.85. The first kappa shape index (κ1) is 10.2. The van der Waals surface area contributed by atoms with E-state index in [4.69, 9.17) is 12.2 Å². The van der Waals surface area contributed by atoms with E-state index in [-0.39, 0.29) is 0 Å². The predicted octanol–water partition coefficient (Wildman–Crippen LogP) is 2.15. The summed E-state index contributed by atoms with van der Waals surface area (Å²) in [5, 5.41) is 4.43. The maximum absolute atomic E-state index is 5.41. The molecule has 2 nitrogen and oxygen atoms in total. The Kier molecular flexibility index (Phi) is 3.26. The van der Waals surface area contributed by atoms with Crippen LogP contribution in [0.3, 0.4) is 0 Å². The monoisotopic (exact) mass is 212 g/mol. The largest absolute Gasteiger partial charge is 0.360 e. The van der Waals surface area contributed by atoms with Gasteiger partial charge in [-0.25, -0.2) is 0 Å². The summed E-state index contributed by atoms with van der Waals surface area (Å²) < 4.78 is 0. The van der Waals surface area contributed by atoms with Crippen LogP contribution in [0.4, 0.5) is 0 Å². The molecule has 14 heavy (non-hydrogen) atoms. The Morgan fingerprint density at radius 2 is 2.21 bits per heavy atom. The summed E-state index contributed by atoms with van der Waals surface area (Å²) in [5.74, 6) is 0.864. The van der Waals surface area contributed by atoms with Gasteiger partial charge in [0.05, 0.1) is 0 Å². The van der Waals surface area contributed by atoms with Crippen LogP contribution in [0, 0.1) is 5.92 Å². The molecule has 1 N–H and O–H groups in total. The summed E-state index contributed by atoms with van der Waals surface area (Å²) in [6.07, 6.45) is 6.61. The molecule has 1 atom stereocenters. The highest BCUT2D eigenvalue weighted by Crippen LogP contribution is 2.22. The first-order valence-corrected chi connectivity index (χ1v) is 6.26. The van der Waals surface area contributed by atoms with Crippen molar-refractivity contribution in [3.8, 4) is 0 Å². The van der Waals surface area contributed by atoms with E-state index in [0.717, 1.165) is 17.6 Å². The van der Waals surface area contributed by atoms with Gasteiger partial charge in [-0.3, -0.25) is 0 Å². The van der Waals surface area contributed by atoms with Crippen LogP contribution in [0.1, 0.15) is 39.0 Å². The number of hydrogen-bond donors (Lipinski definition) is 1. The lowest BCUT2D eigenvalue weighted by atomic mass is 9.96. The van der Waals surface area contributed by atoms with Crippen molar-refractivity contribution in [3.63, 3.8) is 0 Å². The smallest absolute Gasteiger partial charge is 0.169 e. The van der Waals surface area contributed by atoms with E-state index in [1.807, 2.05) is 0 Å². The second-order valence-corrected chi connectivity index (χ2v) is 4.97. The highest BCUT2D eigenvalue weighted by Gasteiger charge is 2.26. The molecule has 0 amide bonds. The summed E-state index contributed by atoms with van der Waals surface area (Å²) in [6.45, 7) is 4.62. The molecule has 0 radical (unpaired) electrons. The van der Waals surface area contributed by atoms with E-state index in [1.54, 1.807) is 0 Å². The average molecular weight is 212 g/mol. The minimum absolute atomic E-state index is 0.699. The molecular formula is C11H20N2S. The van der Waals surface area contributed by atoms with Crippen molar-refractivity contribution in [2.45, 2.75) is 45.1 Å². The van der Waals surface area contributed by atoms with Gasteiger partial charge in [0, 0.05) is 19.1 Å². The van der Waals surface area contributed by atoms with Gasteiger partial charge in [0.25, 0.3) is 0 Å². The number of thiocarbonyl (C=S) groups is 1. The average Bonchev–Trinajstić information content (AvgIpc) is 3.02. The number of piperidine rings is 1. The summed E-state index contributed by atoms with van der Waals surface area (Å²) in [7, 11) is 0. The highest BCUT2D eigenvalue weighted by atomic mass is 32.1. The maximum Gasteiger partial charge on any atom is 0.169 e. The molecule has 0 bridgehead atoms. The molecule has 0 aromatic heterocycles. The van der Waals surface area contributed by atoms with Crippen molar-refractivity contribution in [2.75, 3.05) is 13.1 Å². The molecule has 1 saturated carbocycles. The van der Waals surface area contributed by atoms with Crippen molar-refractivity contribution in [2.24, 2.45) is 5.92 Å². The second-order valence-electron chi connectivity index (χ2n) is 4.59. The fraction of sp³-hybridized carbons (Fsp3) is 0.909. The van der Waals surface area contributed by atoms with Crippen LogP contribution in [0.15, 0.2) is 0 Å². The molecule has 1 heterocycles. The summed E-state index contributed by atoms with van der Waals surface area (Å²) in [5.41, 5.74) is 0. The van der Waals surface area contributed by atoms with Crippen molar-refractivity contribution in [1.29, 1.82) is 0 Å². The normalized spacial score (nSPS) is 27.5. The lowest BCUT2D eigenvalue weighted by Gasteiger charge is -2.34. The van der Waals surface area contributed by atoms with Crippen molar-refractivity contribution < 1.29 is 0 Å². The maximum atomic E-state index is 5.41. The van der Waals surface area contributed by atoms with Crippen molar-refractivity contribution in [3.05, 3.63) is 0 Å². The molecule has 2 rings (SSSR count). The van der Waals surface area contributed by atoms with Crippen LogP contribution >= 0.6 is 12.2 Å². The van der Waals surface area contributed by atoms with Crippen LogP contribution in [0.25, 0.3) is 0 Å². The topological polar surface area (TPSA) is 15.3 Å². The van der Waals surface area contributed by atoms with Gasteiger partial charge in [-0.2, -0.15) is 0 Å². The first-order chi connectivity index (χ1) is 6.79. The molecule has 1 saturated heterocycles. The molecule has 80 valence electrons. The summed E-state index contributed by atoms with van der Waals surface area (Å²) in [4.78, 5) is 2.37. The standard InChI is InChI=1S/C11H20N2S/c1-2-9-4-3-7-13(8-9)11(14)12-10-5-6-10/h9-10H,2-8H2,1H3,(H,12,14).